The highest BCUT2D eigenvalue weighted by Gasteiger charge is 2.24. The Morgan fingerprint density at radius 1 is 1.37 bits per heavy atom. The van der Waals surface area contributed by atoms with Gasteiger partial charge in [-0.15, -0.1) is 0 Å². The number of nitrogen functional groups attached to an aromatic ring is 1. The van der Waals surface area contributed by atoms with E-state index in [2.05, 4.69) is 0 Å². The molecule has 0 bridgehead atoms. The summed E-state index contributed by atoms with van der Waals surface area (Å²) in [5.74, 6) is -0.0319. The lowest BCUT2D eigenvalue weighted by atomic mass is 10.0. The SMILES string of the molecule is Nc1ccc(/C=C/C(=O)N2CCCCC2CO)cc1. The molecule has 1 aromatic rings. The molecule has 0 spiro atoms. The number of carbonyl (C=O) groups is 1. The van der Waals surface area contributed by atoms with Crippen LogP contribution in [0.15, 0.2) is 30.3 Å². The van der Waals surface area contributed by atoms with Gasteiger partial charge in [0.25, 0.3) is 0 Å². The van der Waals surface area contributed by atoms with Gasteiger partial charge in [-0.3, -0.25) is 4.79 Å². The zero-order valence-electron chi connectivity index (χ0n) is 11.0. The maximum Gasteiger partial charge on any atom is 0.246 e. The van der Waals surface area contributed by atoms with Crippen LogP contribution in [0.25, 0.3) is 6.08 Å². The number of amides is 1. The summed E-state index contributed by atoms with van der Waals surface area (Å²) >= 11 is 0. The molecule has 102 valence electrons. The number of hydrogen-bond acceptors (Lipinski definition) is 3. The van der Waals surface area contributed by atoms with Crippen molar-refractivity contribution < 1.29 is 9.90 Å². The molecule has 0 radical (unpaired) electrons. The second kappa shape index (κ2) is 6.38. The van der Waals surface area contributed by atoms with Gasteiger partial charge in [-0.1, -0.05) is 12.1 Å². The Bertz CT molecular complexity index is 454. The first-order chi connectivity index (χ1) is 9.20. The Kier molecular flexibility index (Phi) is 4.58. The molecule has 1 saturated heterocycles. The highest BCUT2D eigenvalue weighted by atomic mass is 16.3. The Hall–Kier alpha value is -1.81. The molecule has 0 saturated carbocycles. The minimum atomic E-state index is -0.0319. The number of aliphatic hydroxyl groups excluding tert-OH is 1. The van der Waals surface area contributed by atoms with Gasteiger partial charge in [0.1, 0.15) is 0 Å². The van der Waals surface area contributed by atoms with Crippen LogP contribution in [0.4, 0.5) is 5.69 Å². The topological polar surface area (TPSA) is 66.6 Å². The number of anilines is 1. The van der Waals surface area contributed by atoms with Gasteiger partial charge in [-0.2, -0.15) is 0 Å². The van der Waals surface area contributed by atoms with E-state index in [1.807, 2.05) is 24.3 Å². The fourth-order valence-corrected chi connectivity index (χ4v) is 2.35. The minimum Gasteiger partial charge on any atom is -0.399 e. The van der Waals surface area contributed by atoms with Crippen molar-refractivity contribution in [3.05, 3.63) is 35.9 Å². The van der Waals surface area contributed by atoms with Crippen LogP contribution in [0, 0.1) is 0 Å². The maximum absolute atomic E-state index is 12.1. The van der Waals surface area contributed by atoms with Gasteiger partial charge < -0.3 is 15.7 Å². The monoisotopic (exact) mass is 260 g/mol. The van der Waals surface area contributed by atoms with Crippen molar-refractivity contribution in [2.75, 3.05) is 18.9 Å². The van der Waals surface area contributed by atoms with Crippen molar-refractivity contribution in [2.24, 2.45) is 0 Å². The van der Waals surface area contributed by atoms with Crippen LogP contribution < -0.4 is 5.73 Å². The zero-order chi connectivity index (χ0) is 13.7. The van der Waals surface area contributed by atoms with Crippen LogP contribution in [-0.2, 0) is 4.79 Å². The molecule has 3 N–H and O–H groups in total. The van der Waals surface area contributed by atoms with Crippen LogP contribution in [0.1, 0.15) is 24.8 Å². The smallest absolute Gasteiger partial charge is 0.246 e. The lowest BCUT2D eigenvalue weighted by Crippen LogP contribution is -2.44. The van der Waals surface area contributed by atoms with Crippen LogP contribution in [-0.4, -0.2) is 35.1 Å². The summed E-state index contributed by atoms with van der Waals surface area (Å²) in [6.45, 7) is 0.775. The average molecular weight is 260 g/mol. The minimum absolute atomic E-state index is 0.0303. The highest BCUT2D eigenvalue weighted by Crippen LogP contribution is 2.17. The highest BCUT2D eigenvalue weighted by molar-refractivity contribution is 5.92. The number of carbonyl (C=O) groups excluding carboxylic acids is 1. The Morgan fingerprint density at radius 2 is 2.11 bits per heavy atom. The quantitative estimate of drug-likeness (QED) is 0.641. The largest absolute Gasteiger partial charge is 0.399 e. The Balaban J connectivity index is 2.01. The molecule has 1 unspecified atom stereocenters. The lowest BCUT2D eigenvalue weighted by Gasteiger charge is -2.33. The van der Waals surface area contributed by atoms with Gasteiger partial charge in [0, 0.05) is 18.3 Å². The van der Waals surface area contributed by atoms with Gasteiger partial charge in [0.15, 0.2) is 0 Å². The molecule has 2 rings (SSSR count). The summed E-state index contributed by atoms with van der Waals surface area (Å²) in [6, 6.07) is 7.33. The lowest BCUT2D eigenvalue weighted by molar-refractivity contribution is -0.130. The summed E-state index contributed by atoms with van der Waals surface area (Å²) in [5.41, 5.74) is 7.26. The third-order valence-corrected chi connectivity index (χ3v) is 3.48. The molecule has 4 heteroatoms. The maximum atomic E-state index is 12.1. The number of hydrogen-bond donors (Lipinski definition) is 2. The van der Waals surface area contributed by atoms with Crippen molar-refractivity contribution >= 4 is 17.7 Å². The molecule has 1 aromatic carbocycles. The summed E-state index contributed by atoms with van der Waals surface area (Å²) in [5, 5.41) is 9.29. The molecule has 1 fully saturated rings. The second-order valence-electron chi connectivity index (χ2n) is 4.86. The molecule has 1 atom stereocenters. The van der Waals surface area contributed by atoms with Crippen molar-refractivity contribution in [3.8, 4) is 0 Å². The summed E-state index contributed by atoms with van der Waals surface area (Å²) < 4.78 is 0. The molecular weight excluding hydrogens is 240 g/mol. The first-order valence-electron chi connectivity index (χ1n) is 6.66. The van der Waals surface area contributed by atoms with Crippen molar-refractivity contribution in [2.45, 2.75) is 25.3 Å². The van der Waals surface area contributed by atoms with Gasteiger partial charge in [-0.25, -0.2) is 0 Å². The first-order valence-corrected chi connectivity index (χ1v) is 6.66. The molecular formula is C15H20N2O2. The van der Waals surface area contributed by atoms with E-state index in [-0.39, 0.29) is 18.6 Å². The molecule has 1 heterocycles. The van der Waals surface area contributed by atoms with E-state index in [0.717, 1.165) is 31.4 Å². The van der Waals surface area contributed by atoms with Gasteiger partial charge >= 0.3 is 0 Å². The number of nitrogens with zero attached hydrogens (tertiary/aromatic N) is 1. The van der Waals surface area contributed by atoms with Crippen LogP contribution in [0.2, 0.25) is 0 Å². The Morgan fingerprint density at radius 3 is 2.79 bits per heavy atom. The predicted molar refractivity (Wildman–Crippen MR) is 76.3 cm³/mol. The third kappa shape index (κ3) is 3.58. The number of likely N-dealkylation sites (tertiary alicyclic amines) is 1. The number of piperidine rings is 1. The average Bonchev–Trinajstić information content (AvgIpc) is 2.46. The van der Waals surface area contributed by atoms with E-state index >= 15 is 0 Å². The molecule has 19 heavy (non-hydrogen) atoms. The second-order valence-corrected chi connectivity index (χ2v) is 4.86. The van der Waals surface area contributed by atoms with Gasteiger partial charge in [0.2, 0.25) is 5.91 Å². The van der Waals surface area contributed by atoms with Crippen molar-refractivity contribution in [3.63, 3.8) is 0 Å². The fraction of sp³-hybridized carbons (Fsp3) is 0.400. The van der Waals surface area contributed by atoms with E-state index in [1.54, 1.807) is 17.1 Å². The fourth-order valence-electron chi connectivity index (χ4n) is 2.35. The molecule has 4 nitrogen and oxygen atoms in total. The number of nitrogens with two attached hydrogens (primary N) is 1. The van der Waals surface area contributed by atoms with E-state index in [9.17, 15) is 9.90 Å². The standard InChI is InChI=1S/C15H20N2O2/c16-13-7-4-12(5-8-13)6-9-15(19)17-10-2-1-3-14(17)11-18/h4-9,14,18H,1-3,10-11,16H2/b9-6+. The van der Waals surface area contributed by atoms with E-state index < -0.39 is 0 Å². The summed E-state index contributed by atoms with van der Waals surface area (Å²) in [6.07, 6.45) is 6.33. The predicted octanol–water partition coefficient (Wildman–Crippen LogP) is 1.66. The first kappa shape index (κ1) is 13.6. The summed E-state index contributed by atoms with van der Waals surface area (Å²) in [4.78, 5) is 13.9. The zero-order valence-corrected chi connectivity index (χ0v) is 11.0. The number of rotatable bonds is 3. The normalized spacial score (nSPS) is 19.8. The Labute approximate surface area is 113 Å². The number of benzene rings is 1. The van der Waals surface area contributed by atoms with Crippen LogP contribution in [0.5, 0.6) is 0 Å². The van der Waals surface area contributed by atoms with Crippen LogP contribution >= 0.6 is 0 Å². The van der Waals surface area contributed by atoms with E-state index in [1.165, 1.54) is 0 Å². The molecule has 1 aliphatic heterocycles. The van der Waals surface area contributed by atoms with E-state index in [0.29, 0.717) is 5.69 Å². The van der Waals surface area contributed by atoms with Crippen molar-refractivity contribution in [1.82, 2.24) is 4.90 Å². The molecule has 1 amide bonds. The third-order valence-electron chi connectivity index (χ3n) is 3.48. The van der Waals surface area contributed by atoms with Gasteiger partial charge in [-0.05, 0) is 43.0 Å². The van der Waals surface area contributed by atoms with Crippen molar-refractivity contribution in [1.29, 1.82) is 0 Å². The van der Waals surface area contributed by atoms with Gasteiger partial charge in [0.05, 0.1) is 12.6 Å². The number of aliphatic hydroxyl groups is 1. The van der Waals surface area contributed by atoms with E-state index in [4.69, 9.17) is 5.73 Å². The molecule has 0 aromatic heterocycles. The van der Waals surface area contributed by atoms with Crippen LogP contribution in [0.3, 0.4) is 0 Å². The molecule has 0 aliphatic carbocycles. The summed E-state index contributed by atoms with van der Waals surface area (Å²) in [7, 11) is 0. The molecule has 1 aliphatic rings.